The maximum absolute atomic E-state index is 13.0. The average molecular weight is 460 g/mol. The van der Waals surface area contributed by atoms with Gasteiger partial charge in [0.05, 0.1) is 0 Å². The Hall–Kier alpha value is -3.05. The molecule has 170 valence electrons. The van der Waals surface area contributed by atoms with Crippen LogP contribution >= 0.6 is 11.3 Å². The molecule has 0 spiro atoms. The number of ketones is 3. The zero-order valence-electron chi connectivity index (χ0n) is 19.4. The SMILES string of the molecule is CCCCC(CC)Cn1c2ccc(C(=O)C(C)=O)cc2c2cc(C(=O)c3ccsc3)ccc21. The molecular formula is C28H29NO3S. The van der Waals surface area contributed by atoms with Crippen molar-refractivity contribution in [3.63, 3.8) is 0 Å². The number of aromatic nitrogens is 1. The van der Waals surface area contributed by atoms with Gasteiger partial charge < -0.3 is 4.57 Å². The van der Waals surface area contributed by atoms with Gasteiger partial charge in [-0.25, -0.2) is 0 Å². The smallest absolute Gasteiger partial charge is 0.228 e. The Morgan fingerprint density at radius 2 is 1.58 bits per heavy atom. The van der Waals surface area contributed by atoms with Crippen molar-refractivity contribution >= 4 is 50.5 Å². The molecule has 0 fully saturated rings. The summed E-state index contributed by atoms with van der Waals surface area (Å²) in [5.41, 5.74) is 3.78. The van der Waals surface area contributed by atoms with Crippen molar-refractivity contribution in [2.45, 2.75) is 53.0 Å². The Morgan fingerprint density at radius 1 is 0.909 bits per heavy atom. The van der Waals surface area contributed by atoms with Crippen molar-refractivity contribution < 1.29 is 14.4 Å². The van der Waals surface area contributed by atoms with Crippen LogP contribution in [0.1, 0.15) is 72.7 Å². The molecule has 2 heterocycles. The molecule has 0 aliphatic carbocycles. The van der Waals surface area contributed by atoms with Gasteiger partial charge in [0, 0.05) is 57.3 Å². The van der Waals surface area contributed by atoms with Crippen molar-refractivity contribution in [3.8, 4) is 0 Å². The summed E-state index contributed by atoms with van der Waals surface area (Å²) in [6.07, 6.45) is 4.64. The number of benzene rings is 2. The van der Waals surface area contributed by atoms with Crippen molar-refractivity contribution in [1.29, 1.82) is 0 Å². The number of fused-ring (bicyclic) bond motifs is 3. The molecule has 5 heteroatoms. The predicted octanol–water partition coefficient (Wildman–Crippen LogP) is 7.08. The van der Waals surface area contributed by atoms with Gasteiger partial charge in [0.25, 0.3) is 0 Å². The number of rotatable bonds is 10. The van der Waals surface area contributed by atoms with E-state index in [1.165, 1.54) is 37.5 Å². The number of carbonyl (C=O) groups excluding carboxylic acids is 3. The molecule has 2 aromatic heterocycles. The lowest BCUT2D eigenvalue weighted by atomic mass is 9.99. The monoisotopic (exact) mass is 459 g/mol. The Bertz CT molecular complexity index is 1330. The van der Waals surface area contributed by atoms with Crippen molar-refractivity contribution in [1.82, 2.24) is 4.57 Å². The Balaban J connectivity index is 1.89. The zero-order valence-corrected chi connectivity index (χ0v) is 20.2. The molecule has 4 rings (SSSR count). The molecule has 33 heavy (non-hydrogen) atoms. The summed E-state index contributed by atoms with van der Waals surface area (Å²) in [5, 5.41) is 5.61. The first-order valence-corrected chi connectivity index (χ1v) is 12.6. The highest BCUT2D eigenvalue weighted by atomic mass is 32.1. The molecule has 4 aromatic rings. The van der Waals surface area contributed by atoms with Crippen molar-refractivity contribution in [2.24, 2.45) is 5.92 Å². The maximum Gasteiger partial charge on any atom is 0.228 e. The number of Topliss-reactive ketones (excluding diaryl/α,β-unsaturated/α-hetero) is 2. The summed E-state index contributed by atoms with van der Waals surface area (Å²) in [6.45, 7) is 6.63. The Kier molecular flexibility index (Phi) is 6.89. The van der Waals surface area contributed by atoms with Crippen molar-refractivity contribution in [3.05, 3.63) is 69.9 Å². The van der Waals surface area contributed by atoms with Crippen LogP contribution in [0, 0.1) is 5.92 Å². The number of carbonyl (C=O) groups is 3. The second-order valence-corrected chi connectivity index (χ2v) is 9.50. The quantitative estimate of drug-likeness (QED) is 0.188. The first-order valence-electron chi connectivity index (χ1n) is 11.6. The third-order valence-electron chi connectivity index (χ3n) is 6.48. The van der Waals surface area contributed by atoms with Gasteiger partial charge in [-0.15, -0.1) is 0 Å². The molecule has 0 bridgehead atoms. The highest BCUT2D eigenvalue weighted by Crippen LogP contribution is 2.33. The Morgan fingerprint density at radius 3 is 2.15 bits per heavy atom. The van der Waals surface area contributed by atoms with Crippen LogP contribution in [0.25, 0.3) is 21.8 Å². The van der Waals surface area contributed by atoms with Gasteiger partial charge in [-0.3, -0.25) is 14.4 Å². The van der Waals surface area contributed by atoms with E-state index in [-0.39, 0.29) is 5.78 Å². The van der Waals surface area contributed by atoms with Gasteiger partial charge in [0.15, 0.2) is 11.6 Å². The van der Waals surface area contributed by atoms with Gasteiger partial charge in [-0.2, -0.15) is 11.3 Å². The topological polar surface area (TPSA) is 56.1 Å². The summed E-state index contributed by atoms with van der Waals surface area (Å²) in [7, 11) is 0. The largest absolute Gasteiger partial charge is 0.340 e. The minimum absolute atomic E-state index is 0.00982. The summed E-state index contributed by atoms with van der Waals surface area (Å²) < 4.78 is 2.31. The third-order valence-corrected chi connectivity index (χ3v) is 7.16. The number of nitrogens with zero attached hydrogens (tertiary/aromatic N) is 1. The van der Waals surface area contributed by atoms with Crippen LogP contribution in [0.3, 0.4) is 0 Å². The molecule has 0 N–H and O–H groups in total. The van der Waals surface area contributed by atoms with Gasteiger partial charge in [-0.05, 0) is 60.2 Å². The molecule has 4 nitrogen and oxygen atoms in total. The second-order valence-electron chi connectivity index (χ2n) is 8.72. The molecule has 0 aliphatic rings. The molecule has 0 aliphatic heterocycles. The summed E-state index contributed by atoms with van der Waals surface area (Å²) in [6, 6.07) is 13.2. The number of unbranched alkanes of at least 4 members (excludes halogenated alkanes) is 1. The predicted molar refractivity (Wildman–Crippen MR) is 136 cm³/mol. The summed E-state index contributed by atoms with van der Waals surface area (Å²) >= 11 is 1.50. The van der Waals surface area contributed by atoms with E-state index in [9.17, 15) is 14.4 Å². The average Bonchev–Trinajstić information content (AvgIpc) is 3.47. The first-order chi connectivity index (χ1) is 15.9. The zero-order chi connectivity index (χ0) is 23.5. The lowest BCUT2D eigenvalue weighted by Crippen LogP contribution is -2.11. The fourth-order valence-corrected chi connectivity index (χ4v) is 5.16. The molecule has 1 unspecified atom stereocenters. The molecule has 1 atom stereocenters. The summed E-state index contributed by atoms with van der Waals surface area (Å²) in [4.78, 5) is 37.1. The van der Waals surface area contributed by atoms with Gasteiger partial charge >= 0.3 is 0 Å². The third kappa shape index (κ3) is 4.55. The molecule has 2 aromatic carbocycles. The van der Waals surface area contributed by atoms with E-state index in [1.807, 2.05) is 47.2 Å². The van der Waals surface area contributed by atoms with E-state index < -0.39 is 11.6 Å². The van der Waals surface area contributed by atoms with E-state index in [2.05, 4.69) is 18.4 Å². The van der Waals surface area contributed by atoms with Crippen LogP contribution in [-0.4, -0.2) is 21.9 Å². The second kappa shape index (κ2) is 9.84. The number of thiophene rings is 1. The van der Waals surface area contributed by atoms with Crippen LogP contribution in [0.5, 0.6) is 0 Å². The highest BCUT2D eigenvalue weighted by Gasteiger charge is 2.19. The lowest BCUT2D eigenvalue weighted by molar-refractivity contribution is -0.113. The molecule has 0 radical (unpaired) electrons. The van der Waals surface area contributed by atoms with Crippen LogP contribution in [0.4, 0.5) is 0 Å². The normalized spacial score (nSPS) is 12.3. The van der Waals surface area contributed by atoms with Crippen molar-refractivity contribution in [2.75, 3.05) is 0 Å². The fourth-order valence-electron chi connectivity index (χ4n) is 4.52. The van der Waals surface area contributed by atoms with Crippen LogP contribution in [0.2, 0.25) is 0 Å². The van der Waals surface area contributed by atoms with Gasteiger partial charge in [-0.1, -0.05) is 33.1 Å². The van der Waals surface area contributed by atoms with Crippen LogP contribution in [0.15, 0.2) is 53.2 Å². The van der Waals surface area contributed by atoms with E-state index in [0.29, 0.717) is 22.6 Å². The minimum atomic E-state index is -0.488. The summed E-state index contributed by atoms with van der Waals surface area (Å²) in [5.74, 6) is -0.423. The van der Waals surface area contributed by atoms with E-state index in [0.717, 1.165) is 34.8 Å². The molecule has 0 amide bonds. The van der Waals surface area contributed by atoms with Gasteiger partial charge in [0.2, 0.25) is 5.78 Å². The molecular weight excluding hydrogens is 430 g/mol. The highest BCUT2D eigenvalue weighted by molar-refractivity contribution is 7.08. The number of hydrogen-bond donors (Lipinski definition) is 0. The first kappa shape index (κ1) is 23.1. The van der Waals surface area contributed by atoms with E-state index in [4.69, 9.17) is 0 Å². The van der Waals surface area contributed by atoms with Gasteiger partial charge in [0.1, 0.15) is 0 Å². The number of hydrogen-bond acceptors (Lipinski definition) is 4. The molecule has 0 saturated heterocycles. The Labute approximate surface area is 198 Å². The lowest BCUT2D eigenvalue weighted by Gasteiger charge is -2.17. The standard InChI is InChI=1S/C28H29NO3S/c1-4-6-7-19(5-2)16-29-25-10-8-20(27(31)18(3)30)14-23(25)24-15-21(9-11-26(24)29)28(32)22-12-13-33-17-22/h8-15,17,19H,4-7,16H2,1-3H3. The van der Waals surface area contributed by atoms with Crippen LogP contribution < -0.4 is 0 Å². The maximum atomic E-state index is 13.0. The molecule has 0 saturated carbocycles. The minimum Gasteiger partial charge on any atom is -0.340 e. The van der Waals surface area contributed by atoms with E-state index in [1.54, 1.807) is 6.07 Å². The fraction of sp³-hybridized carbons (Fsp3) is 0.321. The van der Waals surface area contributed by atoms with E-state index >= 15 is 0 Å². The van der Waals surface area contributed by atoms with Crippen LogP contribution in [-0.2, 0) is 11.3 Å².